The Balaban J connectivity index is 0.00000162. The average molecular weight is 503 g/mol. The van der Waals surface area contributed by atoms with E-state index in [4.69, 9.17) is 9.72 Å². The molecule has 0 unspecified atom stereocenters. The van der Waals surface area contributed by atoms with Crippen molar-refractivity contribution in [1.82, 2.24) is 18.9 Å². The summed E-state index contributed by atoms with van der Waals surface area (Å²) in [7, 11) is 1.66. The van der Waals surface area contributed by atoms with Gasteiger partial charge in [-0.05, 0) is 62.3 Å². The van der Waals surface area contributed by atoms with Crippen molar-refractivity contribution in [3.8, 4) is 17.0 Å². The molecule has 6 nitrogen and oxygen atoms in total. The highest BCUT2D eigenvalue weighted by Gasteiger charge is 2.25. The van der Waals surface area contributed by atoms with Crippen LogP contribution in [-0.2, 0) is 6.54 Å². The molecule has 34 heavy (non-hydrogen) atoms. The lowest BCUT2D eigenvalue weighted by Gasteiger charge is -2.26. The third kappa shape index (κ3) is 4.67. The van der Waals surface area contributed by atoms with Crippen molar-refractivity contribution >= 4 is 47.4 Å². The fraction of sp³-hybridized carbons (Fsp3) is 0.385. The number of nitrogens with zero attached hydrogens (tertiary/aromatic N) is 4. The summed E-state index contributed by atoms with van der Waals surface area (Å²) >= 11 is 0. The number of piperidine rings is 1. The normalized spacial score (nSPS) is 14.1. The number of para-hydroxylation sites is 2. The van der Waals surface area contributed by atoms with E-state index in [0.29, 0.717) is 12.1 Å². The SMILES string of the molecule is CCC(=O)c1c(-c2ccc(OC)cc2)nc2n(CCN3CCCCC3)c3ccccc3n12.Cl.Cl. The number of hydrogen-bond donors (Lipinski definition) is 0. The molecule has 2 aromatic carbocycles. The lowest BCUT2D eigenvalue weighted by Crippen LogP contribution is -2.32. The van der Waals surface area contributed by atoms with Crippen LogP contribution in [0.4, 0.5) is 0 Å². The number of likely N-dealkylation sites (tertiary alicyclic amines) is 1. The number of carbonyl (C=O) groups is 1. The molecule has 0 amide bonds. The molecule has 182 valence electrons. The van der Waals surface area contributed by atoms with Crippen LogP contribution in [0.25, 0.3) is 28.1 Å². The number of ketones is 1. The van der Waals surface area contributed by atoms with Crippen LogP contribution >= 0.6 is 24.8 Å². The molecule has 0 aliphatic carbocycles. The molecule has 5 rings (SSSR count). The Morgan fingerprint density at radius 1 is 0.941 bits per heavy atom. The molecular formula is C26H32Cl2N4O2. The fourth-order valence-electron chi connectivity index (χ4n) is 4.83. The summed E-state index contributed by atoms with van der Waals surface area (Å²) in [6.07, 6.45) is 4.33. The first-order valence-corrected chi connectivity index (χ1v) is 11.6. The summed E-state index contributed by atoms with van der Waals surface area (Å²) in [5.74, 6) is 1.73. The van der Waals surface area contributed by atoms with Gasteiger partial charge in [0.2, 0.25) is 5.78 Å². The summed E-state index contributed by atoms with van der Waals surface area (Å²) in [5.41, 5.74) is 4.49. The third-order valence-corrected chi connectivity index (χ3v) is 6.55. The number of fused-ring (bicyclic) bond motifs is 3. The molecule has 0 bridgehead atoms. The largest absolute Gasteiger partial charge is 0.497 e. The van der Waals surface area contributed by atoms with E-state index >= 15 is 0 Å². The molecule has 1 aliphatic heterocycles. The van der Waals surface area contributed by atoms with E-state index in [2.05, 4.69) is 32.1 Å². The summed E-state index contributed by atoms with van der Waals surface area (Å²) in [5, 5.41) is 0. The van der Waals surface area contributed by atoms with Crippen LogP contribution < -0.4 is 4.74 Å². The number of methoxy groups -OCH3 is 1. The van der Waals surface area contributed by atoms with Crippen LogP contribution in [0.5, 0.6) is 5.75 Å². The van der Waals surface area contributed by atoms with E-state index in [1.807, 2.05) is 37.3 Å². The van der Waals surface area contributed by atoms with Gasteiger partial charge in [-0.1, -0.05) is 25.5 Å². The van der Waals surface area contributed by atoms with Crippen molar-refractivity contribution in [2.45, 2.75) is 39.2 Å². The van der Waals surface area contributed by atoms with E-state index in [0.717, 1.165) is 46.9 Å². The van der Waals surface area contributed by atoms with Crippen LogP contribution in [0, 0.1) is 0 Å². The van der Waals surface area contributed by atoms with E-state index in [1.54, 1.807) is 7.11 Å². The van der Waals surface area contributed by atoms with Crippen LogP contribution in [0.2, 0.25) is 0 Å². The fourth-order valence-corrected chi connectivity index (χ4v) is 4.83. The van der Waals surface area contributed by atoms with E-state index in [9.17, 15) is 4.79 Å². The molecule has 8 heteroatoms. The van der Waals surface area contributed by atoms with E-state index in [1.165, 1.54) is 32.4 Å². The van der Waals surface area contributed by atoms with Crippen molar-refractivity contribution < 1.29 is 9.53 Å². The number of aromatic nitrogens is 3. The summed E-state index contributed by atoms with van der Waals surface area (Å²) in [6, 6.07) is 16.1. The second-order valence-electron chi connectivity index (χ2n) is 8.49. The topological polar surface area (TPSA) is 51.8 Å². The Kier molecular flexibility index (Phi) is 8.63. The first-order valence-electron chi connectivity index (χ1n) is 11.6. The summed E-state index contributed by atoms with van der Waals surface area (Å²) in [4.78, 5) is 20.8. The molecule has 0 spiro atoms. The molecule has 0 atom stereocenters. The average Bonchev–Trinajstić information content (AvgIpc) is 3.38. The number of rotatable bonds is 7. The smallest absolute Gasteiger partial charge is 0.216 e. The second-order valence-corrected chi connectivity index (χ2v) is 8.49. The van der Waals surface area contributed by atoms with E-state index in [-0.39, 0.29) is 30.6 Å². The minimum Gasteiger partial charge on any atom is -0.497 e. The molecule has 1 saturated heterocycles. The standard InChI is InChI=1S/C26H30N4O2.2ClH/c1-3-23(31)25-24(19-11-13-20(32-2)14-12-19)27-26-29(18-17-28-15-7-4-8-16-28)21-9-5-6-10-22(21)30(25)26;;/h5-6,9-14H,3-4,7-8,15-18H2,1-2H3;2*1H. The monoisotopic (exact) mass is 502 g/mol. The van der Waals surface area contributed by atoms with Gasteiger partial charge in [0.1, 0.15) is 17.1 Å². The van der Waals surface area contributed by atoms with Gasteiger partial charge in [0.25, 0.3) is 0 Å². The van der Waals surface area contributed by atoms with Crippen molar-refractivity contribution in [3.05, 3.63) is 54.2 Å². The Bertz CT molecular complexity index is 1260. The molecule has 3 heterocycles. The maximum absolute atomic E-state index is 13.2. The number of benzene rings is 2. The van der Waals surface area contributed by atoms with Crippen LogP contribution in [-0.4, -0.2) is 51.4 Å². The third-order valence-electron chi connectivity index (χ3n) is 6.55. The van der Waals surface area contributed by atoms with Crippen LogP contribution in [0.15, 0.2) is 48.5 Å². The maximum Gasteiger partial charge on any atom is 0.216 e. The van der Waals surface area contributed by atoms with Gasteiger partial charge >= 0.3 is 0 Å². The first kappa shape index (κ1) is 26.1. The number of halogens is 2. The Morgan fingerprint density at radius 3 is 2.26 bits per heavy atom. The van der Waals surface area contributed by atoms with Crippen molar-refractivity contribution in [1.29, 1.82) is 0 Å². The minimum absolute atomic E-state index is 0. The highest BCUT2D eigenvalue weighted by molar-refractivity contribution is 6.03. The highest BCUT2D eigenvalue weighted by atomic mass is 35.5. The van der Waals surface area contributed by atoms with Gasteiger partial charge in [0.05, 0.1) is 18.1 Å². The van der Waals surface area contributed by atoms with Gasteiger partial charge in [-0.3, -0.25) is 9.20 Å². The van der Waals surface area contributed by atoms with Gasteiger partial charge < -0.3 is 14.2 Å². The van der Waals surface area contributed by atoms with Gasteiger partial charge in [-0.25, -0.2) is 4.98 Å². The number of imidazole rings is 2. The molecular weight excluding hydrogens is 471 g/mol. The lowest BCUT2D eigenvalue weighted by atomic mass is 10.1. The molecule has 0 N–H and O–H groups in total. The van der Waals surface area contributed by atoms with Crippen LogP contribution in [0.3, 0.4) is 0 Å². The maximum atomic E-state index is 13.2. The number of hydrogen-bond acceptors (Lipinski definition) is 4. The number of ether oxygens (including phenoxy) is 1. The second kappa shape index (κ2) is 11.3. The molecule has 1 aliphatic rings. The quantitative estimate of drug-likeness (QED) is 0.295. The molecule has 0 radical (unpaired) electrons. The van der Waals surface area contributed by atoms with Crippen molar-refractivity contribution in [2.24, 2.45) is 0 Å². The Labute approximate surface area is 212 Å². The summed E-state index contributed by atoms with van der Waals surface area (Å²) < 4.78 is 9.66. The first-order chi connectivity index (χ1) is 15.7. The van der Waals surface area contributed by atoms with Gasteiger partial charge in [0, 0.05) is 25.1 Å². The zero-order valence-electron chi connectivity index (χ0n) is 19.7. The predicted octanol–water partition coefficient (Wildman–Crippen LogP) is 5.89. The molecule has 0 saturated carbocycles. The Hall–Kier alpha value is -2.54. The molecule has 2 aromatic heterocycles. The lowest BCUT2D eigenvalue weighted by molar-refractivity contribution is 0.0983. The van der Waals surface area contributed by atoms with E-state index < -0.39 is 0 Å². The van der Waals surface area contributed by atoms with Gasteiger partial charge in [-0.15, -0.1) is 24.8 Å². The predicted molar refractivity (Wildman–Crippen MR) is 142 cm³/mol. The zero-order chi connectivity index (χ0) is 22.1. The summed E-state index contributed by atoms with van der Waals surface area (Å²) in [6.45, 7) is 6.10. The Morgan fingerprint density at radius 2 is 1.62 bits per heavy atom. The number of Topliss-reactive ketones (excluding diaryl/α,β-unsaturated/α-hetero) is 1. The highest BCUT2D eigenvalue weighted by Crippen LogP contribution is 2.31. The van der Waals surface area contributed by atoms with Gasteiger partial charge in [-0.2, -0.15) is 0 Å². The van der Waals surface area contributed by atoms with Crippen molar-refractivity contribution in [2.75, 3.05) is 26.7 Å². The number of carbonyl (C=O) groups excluding carboxylic acids is 1. The zero-order valence-corrected chi connectivity index (χ0v) is 21.3. The molecule has 4 aromatic rings. The van der Waals surface area contributed by atoms with Gasteiger partial charge in [0.15, 0.2) is 5.78 Å². The molecule has 1 fully saturated rings. The minimum atomic E-state index is 0. The van der Waals surface area contributed by atoms with Crippen LogP contribution in [0.1, 0.15) is 43.1 Å². The van der Waals surface area contributed by atoms with Crippen molar-refractivity contribution in [3.63, 3.8) is 0 Å².